The lowest BCUT2D eigenvalue weighted by atomic mass is 9.76. The van der Waals surface area contributed by atoms with Crippen LogP contribution < -0.4 is 5.32 Å². The number of carbonyl (C=O) groups excluding carboxylic acids is 1. The Morgan fingerprint density at radius 2 is 2.05 bits per heavy atom. The average Bonchev–Trinajstić information content (AvgIpc) is 2.40. The molecule has 1 aliphatic heterocycles. The van der Waals surface area contributed by atoms with Gasteiger partial charge in [0.15, 0.2) is 0 Å². The topological polar surface area (TPSA) is 93.4 Å². The van der Waals surface area contributed by atoms with Gasteiger partial charge in [0.1, 0.15) is 0 Å². The van der Waals surface area contributed by atoms with Crippen LogP contribution in [0.4, 0.5) is 0 Å². The van der Waals surface area contributed by atoms with E-state index in [2.05, 4.69) is 5.32 Å². The maximum Gasteiger partial charge on any atom is 0.309 e. The Hall–Kier alpha value is -1.61. The number of carboxylic acids is 1. The van der Waals surface area contributed by atoms with Crippen LogP contribution in [0.3, 0.4) is 0 Å². The molecule has 0 unspecified atom stereocenters. The van der Waals surface area contributed by atoms with E-state index >= 15 is 0 Å². The van der Waals surface area contributed by atoms with Crippen molar-refractivity contribution in [1.29, 1.82) is 5.26 Å². The SMILES string of the molecule is CCC1(C(=O)O)CCN(CC(=O)NCCC#N)CC1. The molecule has 0 aromatic carbocycles. The maximum atomic E-state index is 11.6. The van der Waals surface area contributed by atoms with Gasteiger partial charge < -0.3 is 10.4 Å². The number of hydrogen-bond acceptors (Lipinski definition) is 4. The number of amides is 1. The quantitative estimate of drug-likeness (QED) is 0.687. The number of likely N-dealkylation sites (tertiary alicyclic amines) is 1. The van der Waals surface area contributed by atoms with Crippen LogP contribution >= 0.6 is 0 Å². The Morgan fingerprint density at radius 3 is 2.53 bits per heavy atom. The van der Waals surface area contributed by atoms with Crippen LogP contribution in [-0.4, -0.2) is 48.1 Å². The minimum atomic E-state index is -0.729. The van der Waals surface area contributed by atoms with Gasteiger partial charge in [0.05, 0.1) is 24.4 Å². The molecule has 1 fully saturated rings. The van der Waals surface area contributed by atoms with Crippen molar-refractivity contribution in [3.8, 4) is 6.07 Å². The summed E-state index contributed by atoms with van der Waals surface area (Å²) in [6.07, 6.45) is 2.11. The van der Waals surface area contributed by atoms with E-state index in [1.165, 1.54) is 0 Å². The van der Waals surface area contributed by atoms with E-state index in [9.17, 15) is 14.7 Å². The van der Waals surface area contributed by atoms with E-state index in [0.29, 0.717) is 45.3 Å². The number of aliphatic carboxylic acids is 1. The predicted octanol–water partition coefficient (Wildman–Crippen LogP) is 0.593. The summed E-state index contributed by atoms with van der Waals surface area (Å²) in [6, 6.07) is 1.96. The van der Waals surface area contributed by atoms with Crippen molar-refractivity contribution in [2.45, 2.75) is 32.6 Å². The maximum absolute atomic E-state index is 11.6. The van der Waals surface area contributed by atoms with Crippen molar-refractivity contribution in [2.75, 3.05) is 26.2 Å². The van der Waals surface area contributed by atoms with Crippen LogP contribution in [0, 0.1) is 16.7 Å². The van der Waals surface area contributed by atoms with Gasteiger partial charge in [0, 0.05) is 6.54 Å². The fraction of sp³-hybridized carbons (Fsp3) is 0.769. The molecule has 19 heavy (non-hydrogen) atoms. The molecule has 1 aliphatic rings. The zero-order chi connectivity index (χ0) is 14.3. The molecule has 2 N–H and O–H groups in total. The lowest BCUT2D eigenvalue weighted by Crippen LogP contribution is -2.47. The molecule has 1 heterocycles. The summed E-state index contributed by atoms with van der Waals surface area (Å²) >= 11 is 0. The smallest absolute Gasteiger partial charge is 0.309 e. The number of nitrogens with one attached hydrogen (secondary N) is 1. The van der Waals surface area contributed by atoms with Crippen molar-refractivity contribution >= 4 is 11.9 Å². The van der Waals surface area contributed by atoms with E-state index in [0.717, 1.165) is 0 Å². The first kappa shape index (κ1) is 15.4. The first-order valence-corrected chi connectivity index (χ1v) is 6.63. The van der Waals surface area contributed by atoms with Gasteiger partial charge in [-0.3, -0.25) is 14.5 Å². The van der Waals surface area contributed by atoms with Crippen LogP contribution in [-0.2, 0) is 9.59 Å². The van der Waals surface area contributed by atoms with Crippen molar-refractivity contribution in [2.24, 2.45) is 5.41 Å². The largest absolute Gasteiger partial charge is 0.481 e. The molecule has 1 saturated heterocycles. The van der Waals surface area contributed by atoms with E-state index in [1.54, 1.807) is 0 Å². The fourth-order valence-electron chi connectivity index (χ4n) is 2.37. The Kier molecular flexibility index (Phi) is 5.77. The monoisotopic (exact) mass is 267 g/mol. The van der Waals surface area contributed by atoms with Crippen LogP contribution in [0.15, 0.2) is 0 Å². The number of carboxylic acid groups (broad SMARTS) is 1. The summed E-state index contributed by atoms with van der Waals surface area (Å²) in [4.78, 5) is 24.8. The molecule has 0 aromatic heterocycles. The first-order chi connectivity index (χ1) is 9.04. The number of hydrogen-bond donors (Lipinski definition) is 2. The predicted molar refractivity (Wildman–Crippen MR) is 69.3 cm³/mol. The zero-order valence-corrected chi connectivity index (χ0v) is 11.3. The minimum Gasteiger partial charge on any atom is -0.481 e. The molecule has 106 valence electrons. The molecular formula is C13H21N3O3. The van der Waals surface area contributed by atoms with Gasteiger partial charge in [0.25, 0.3) is 0 Å². The number of piperidine rings is 1. The fourth-order valence-corrected chi connectivity index (χ4v) is 2.37. The number of nitrogens with zero attached hydrogens (tertiary/aromatic N) is 2. The summed E-state index contributed by atoms with van der Waals surface area (Å²) in [5.74, 6) is -0.831. The summed E-state index contributed by atoms with van der Waals surface area (Å²) in [6.45, 7) is 3.82. The van der Waals surface area contributed by atoms with Crippen molar-refractivity contribution in [3.63, 3.8) is 0 Å². The molecule has 0 spiro atoms. The standard InChI is InChI=1S/C13H21N3O3/c1-2-13(12(18)19)4-8-16(9-5-13)10-11(17)15-7-3-6-14/h2-5,7-10H2,1H3,(H,15,17)(H,18,19). The molecule has 1 amide bonds. The van der Waals surface area contributed by atoms with Gasteiger partial charge in [0.2, 0.25) is 5.91 Å². The summed E-state index contributed by atoms with van der Waals surface area (Å²) < 4.78 is 0. The number of carbonyl (C=O) groups is 2. The molecule has 6 heteroatoms. The summed E-state index contributed by atoms with van der Waals surface area (Å²) in [5.41, 5.74) is -0.617. The van der Waals surface area contributed by atoms with Crippen LogP contribution in [0.5, 0.6) is 0 Å². The van der Waals surface area contributed by atoms with Gasteiger partial charge in [-0.2, -0.15) is 5.26 Å². The molecule has 0 radical (unpaired) electrons. The van der Waals surface area contributed by atoms with Gasteiger partial charge >= 0.3 is 5.97 Å². The van der Waals surface area contributed by atoms with Crippen molar-refractivity contribution < 1.29 is 14.7 Å². The number of rotatable bonds is 6. The Balaban J connectivity index is 2.36. The summed E-state index contributed by atoms with van der Waals surface area (Å²) in [7, 11) is 0. The highest BCUT2D eigenvalue weighted by Gasteiger charge is 2.39. The van der Waals surface area contributed by atoms with E-state index in [4.69, 9.17) is 5.26 Å². The van der Waals surface area contributed by atoms with E-state index in [1.807, 2.05) is 17.9 Å². The van der Waals surface area contributed by atoms with Crippen LogP contribution in [0.25, 0.3) is 0 Å². The zero-order valence-electron chi connectivity index (χ0n) is 11.3. The second-order valence-electron chi connectivity index (χ2n) is 4.97. The van der Waals surface area contributed by atoms with Crippen molar-refractivity contribution in [1.82, 2.24) is 10.2 Å². The normalized spacial score (nSPS) is 18.5. The highest BCUT2D eigenvalue weighted by molar-refractivity contribution is 5.78. The Bertz CT molecular complexity index is 368. The number of nitriles is 1. The highest BCUT2D eigenvalue weighted by Crippen LogP contribution is 2.34. The Labute approximate surface area is 113 Å². The highest BCUT2D eigenvalue weighted by atomic mass is 16.4. The van der Waals surface area contributed by atoms with Gasteiger partial charge in [-0.25, -0.2) is 0 Å². The third-order valence-corrected chi connectivity index (χ3v) is 3.87. The molecule has 0 atom stereocenters. The third kappa shape index (κ3) is 4.21. The average molecular weight is 267 g/mol. The summed E-state index contributed by atoms with van der Waals surface area (Å²) in [5, 5.41) is 20.3. The van der Waals surface area contributed by atoms with Gasteiger partial charge in [-0.15, -0.1) is 0 Å². The Morgan fingerprint density at radius 1 is 1.42 bits per heavy atom. The molecule has 0 aromatic rings. The van der Waals surface area contributed by atoms with Crippen LogP contribution in [0.1, 0.15) is 32.6 Å². The van der Waals surface area contributed by atoms with Crippen molar-refractivity contribution in [3.05, 3.63) is 0 Å². The molecule has 0 saturated carbocycles. The second-order valence-corrected chi connectivity index (χ2v) is 4.97. The molecule has 0 aliphatic carbocycles. The minimum absolute atomic E-state index is 0.102. The lowest BCUT2D eigenvalue weighted by molar-refractivity contribution is -0.152. The lowest BCUT2D eigenvalue weighted by Gasteiger charge is -2.37. The second kappa shape index (κ2) is 7.10. The van der Waals surface area contributed by atoms with Gasteiger partial charge in [-0.05, 0) is 32.4 Å². The molecule has 0 bridgehead atoms. The first-order valence-electron chi connectivity index (χ1n) is 6.63. The molecular weight excluding hydrogens is 246 g/mol. The van der Waals surface area contributed by atoms with E-state index in [-0.39, 0.29) is 12.5 Å². The molecule has 6 nitrogen and oxygen atoms in total. The third-order valence-electron chi connectivity index (χ3n) is 3.87. The van der Waals surface area contributed by atoms with Gasteiger partial charge in [-0.1, -0.05) is 6.92 Å². The van der Waals surface area contributed by atoms with E-state index < -0.39 is 11.4 Å². The molecule has 1 rings (SSSR count). The van der Waals surface area contributed by atoms with Crippen LogP contribution in [0.2, 0.25) is 0 Å².